The van der Waals surface area contributed by atoms with Crippen LogP contribution >= 0.6 is 11.3 Å². The fraction of sp³-hybridized carbons (Fsp3) is 0.524. The molecule has 1 unspecified atom stereocenters. The second-order valence-electron chi connectivity index (χ2n) is 8.03. The zero-order valence-corrected chi connectivity index (χ0v) is 17.4. The SMILES string of the molecule is COc1cccc(C(CNC(=O)c2cnc(C(C)(C)C)s2)N2CCCC2)c1. The van der Waals surface area contributed by atoms with Crippen LogP contribution in [0.15, 0.2) is 30.5 Å². The standard InChI is InChI=1S/C21H29N3O2S/c1-21(2,3)20-23-14-18(27-20)19(25)22-13-17(24-10-5-6-11-24)15-8-7-9-16(12-15)26-4/h7-9,12,14,17H,5-6,10-11,13H2,1-4H3,(H,22,25). The first-order valence-corrected chi connectivity index (χ1v) is 10.3. The Morgan fingerprint density at radius 2 is 2.07 bits per heavy atom. The molecule has 1 amide bonds. The van der Waals surface area contributed by atoms with Crippen molar-refractivity contribution in [3.63, 3.8) is 0 Å². The third kappa shape index (κ3) is 4.87. The van der Waals surface area contributed by atoms with E-state index in [9.17, 15) is 4.79 Å². The number of thiazole rings is 1. The zero-order valence-electron chi connectivity index (χ0n) is 16.6. The molecule has 1 saturated heterocycles. The maximum Gasteiger partial charge on any atom is 0.263 e. The molecule has 2 aromatic rings. The van der Waals surface area contributed by atoms with Gasteiger partial charge in [0.15, 0.2) is 0 Å². The lowest BCUT2D eigenvalue weighted by Crippen LogP contribution is -2.36. The van der Waals surface area contributed by atoms with Crippen LogP contribution in [0.3, 0.4) is 0 Å². The van der Waals surface area contributed by atoms with Gasteiger partial charge in [-0.05, 0) is 43.6 Å². The third-order valence-corrected chi connectivity index (χ3v) is 6.31. The van der Waals surface area contributed by atoms with Crippen LogP contribution in [0, 0.1) is 0 Å². The summed E-state index contributed by atoms with van der Waals surface area (Å²) in [5.74, 6) is 0.801. The first-order chi connectivity index (χ1) is 12.9. The number of benzene rings is 1. The Morgan fingerprint density at radius 3 is 2.70 bits per heavy atom. The van der Waals surface area contributed by atoms with Crippen LogP contribution in [0.5, 0.6) is 5.75 Å². The van der Waals surface area contributed by atoms with Crippen LogP contribution in [-0.2, 0) is 5.41 Å². The molecular formula is C21H29N3O2S. The number of hydrogen-bond donors (Lipinski definition) is 1. The van der Waals surface area contributed by atoms with E-state index >= 15 is 0 Å². The Morgan fingerprint density at radius 1 is 1.33 bits per heavy atom. The number of rotatable bonds is 6. The van der Waals surface area contributed by atoms with Gasteiger partial charge in [-0.15, -0.1) is 11.3 Å². The molecule has 1 aliphatic rings. The lowest BCUT2D eigenvalue weighted by molar-refractivity contribution is 0.0941. The summed E-state index contributed by atoms with van der Waals surface area (Å²) in [7, 11) is 1.68. The van der Waals surface area contributed by atoms with E-state index in [1.807, 2.05) is 12.1 Å². The highest BCUT2D eigenvalue weighted by atomic mass is 32.1. The second-order valence-corrected chi connectivity index (χ2v) is 9.06. The van der Waals surface area contributed by atoms with E-state index in [1.165, 1.54) is 29.7 Å². The highest BCUT2D eigenvalue weighted by Crippen LogP contribution is 2.28. The van der Waals surface area contributed by atoms with Crippen LogP contribution in [-0.4, -0.2) is 42.5 Å². The van der Waals surface area contributed by atoms with Gasteiger partial charge in [-0.2, -0.15) is 0 Å². The van der Waals surface area contributed by atoms with Crippen molar-refractivity contribution in [3.8, 4) is 5.75 Å². The molecule has 1 fully saturated rings. The van der Waals surface area contributed by atoms with Gasteiger partial charge in [-0.1, -0.05) is 32.9 Å². The molecule has 2 heterocycles. The van der Waals surface area contributed by atoms with Gasteiger partial charge in [0.05, 0.1) is 24.4 Å². The van der Waals surface area contributed by atoms with Gasteiger partial charge in [0.25, 0.3) is 5.91 Å². The molecule has 1 atom stereocenters. The summed E-state index contributed by atoms with van der Waals surface area (Å²) in [5.41, 5.74) is 1.14. The zero-order chi connectivity index (χ0) is 19.4. The van der Waals surface area contributed by atoms with Gasteiger partial charge in [-0.3, -0.25) is 9.69 Å². The number of carbonyl (C=O) groups is 1. The summed E-state index contributed by atoms with van der Waals surface area (Å²) in [6, 6.07) is 8.30. The van der Waals surface area contributed by atoms with Crippen LogP contribution in [0.4, 0.5) is 0 Å². The van der Waals surface area contributed by atoms with E-state index in [0.717, 1.165) is 23.8 Å². The van der Waals surface area contributed by atoms with E-state index in [-0.39, 0.29) is 17.4 Å². The number of likely N-dealkylation sites (tertiary alicyclic amines) is 1. The molecule has 0 bridgehead atoms. The molecule has 6 heteroatoms. The molecule has 0 radical (unpaired) electrons. The molecule has 146 valence electrons. The lowest BCUT2D eigenvalue weighted by Gasteiger charge is -2.28. The van der Waals surface area contributed by atoms with E-state index in [0.29, 0.717) is 11.4 Å². The fourth-order valence-corrected chi connectivity index (χ4v) is 4.25. The van der Waals surface area contributed by atoms with Crippen LogP contribution < -0.4 is 10.1 Å². The predicted octanol–water partition coefficient (Wildman–Crippen LogP) is 4.02. The number of methoxy groups -OCH3 is 1. The Balaban J connectivity index is 1.72. The van der Waals surface area contributed by atoms with Crippen molar-refractivity contribution in [2.75, 3.05) is 26.7 Å². The van der Waals surface area contributed by atoms with Gasteiger partial charge in [0.1, 0.15) is 10.6 Å². The predicted molar refractivity (Wildman–Crippen MR) is 110 cm³/mol. The number of aromatic nitrogens is 1. The quantitative estimate of drug-likeness (QED) is 0.813. The first-order valence-electron chi connectivity index (χ1n) is 9.51. The Labute approximate surface area is 165 Å². The molecule has 1 aliphatic heterocycles. The smallest absolute Gasteiger partial charge is 0.263 e. The normalized spacial score (nSPS) is 16.3. The van der Waals surface area contributed by atoms with Crippen molar-refractivity contribution >= 4 is 17.2 Å². The molecule has 1 N–H and O–H groups in total. The minimum absolute atomic E-state index is 0.0398. The van der Waals surface area contributed by atoms with Crippen molar-refractivity contribution in [1.29, 1.82) is 0 Å². The topological polar surface area (TPSA) is 54.5 Å². The molecule has 1 aromatic carbocycles. The number of nitrogens with one attached hydrogen (secondary N) is 1. The number of hydrogen-bond acceptors (Lipinski definition) is 5. The molecule has 5 nitrogen and oxygen atoms in total. The summed E-state index contributed by atoms with van der Waals surface area (Å²) in [5, 5.41) is 4.11. The number of nitrogens with zero attached hydrogens (tertiary/aromatic N) is 2. The molecule has 3 rings (SSSR count). The summed E-state index contributed by atoms with van der Waals surface area (Å²) in [6.45, 7) is 9.03. The maximum atomic E-state index is 12.7. The summed E-state index contributed by atoms with van der Waals surface area (Å²) >= 11 is 1.48. The van der Waals surface area contributed by atoms with E-state index in [1.54, 1.807) is 13.3 Å². The Kier molecular flexibility index (Phi) is 6.17. The first kappa shape index (κ1) is 19.8. The van der Waals surface area contributed by atoms with Crippen molar-refractivity contribution in [2.24, 2.45) is 0 Å². The highest BCUT2D eigenvalue weighted by molar-refractivity contribution is 7.13. The Bertz CT molecular complexity index is 776. The van der Waals surface area contributed by atoms with Gasteiger partial charge in [0.2, 0.25) is 0 Å². The number of carbonyl (C=O) groups excluding carboxylic acids is 1. The third-order valence-electron chi connectivity index (χ3n) is 4.89. The Hall–Kier alpha value is -1.92. The fourth-order valence-electron chi connectivity index (χ4n) is 3.36. The molecule has 0 spiro atoms. The van der Waals surface area contributed by atoms with Gasteiger partial charge < -0.3 is 10.1 Å². The molecule has 0 saturated carbocycles. The average molecular weight is 388 g/mol. The van der Waals surface area contributed by atoms with Gasteiger partial charge in [-0.25, -0.2) is 4.98 Å². The van der Waals surface area contributed by atoms with Crippen LogP contribution in [0.1, 0.15) is 59.9 Å². The van der Waals surface area contributed by atoms with Gasteiger partial charge >= 0.3 is 0 Å². The molecule has 0 aliphatic carbocycles. The molecule has 27 heavy (non-hydrogen) atoms. The minimum atomic E-state index is -0.0462. The molecular weight excluding hydrogens is 358 g/mol. The number of amides is 1. The highest BCUT2D eigenvalue weighted by Gasteiger charge is 2.25. The summed E-state index contributed by atoms with van der Waals surface area (Å²) in [4.78, 5) is 20.2. The van der Waals surface area contributed by atoms with E-state index < -0.39 is 0 Å². The van der Waals surface area contributed by atoms with Gasteiger partial charge in [0, 0.05) is 12.0 Å². The van der Waals surface area contributed by atoms with Crippen molar-refractivity contribution in [1.82, 2.24) is 15.2 Å². The van der Waals surface area contributed by atoms with E-state index in [4.69, 9.17) is 4.74 Å². The van der Waals surface area contributed by atoms with Crippen molar-refractivity contribution < 1.29 is 9.53 Å². The summed E-state index contributed by atoms with van der Waals surface area (Å²) in [6.07, 6.45) is 4.10. The van der Waals surface area contributed by atoms with Crippen molar-refractivity contribution in [2.45, 2.75) is 45.1 Å². The van der Waals surface area contributed by atoms with Crippen LogP contribution in [0.2, 0.25) is 0 Å². The van der Waals surface area contributed by atoms with Crippen LogP contribution in [0.25, 0.3) is 0 Å². The monoisotopic (exact) mass is 387 g/mol. The van der Waals surface area contributed by atoms with E-state index in [2.05, 4.69) is 48.1 Å². The average Bonchev–Trinajstić information content (AvgIpc) is 3.33. The second kappa shape index (κ2) is 8.40. The van der Waals surface area contributed by atoms with Crippen molar-refractivity contribution in [3.05, 3.63) is 45.9 Å². The number of ether oxygens (including phenoxy) is 1. The molecule has 1 aromatic heterocycles. The minimum Gasteiger partial charge on any atom is -0.497 e. The lowest BCUT2D eigenvalue weighted by atomic mass is 9.98. The maximum absolute atomic E-state index is 12.7. The largest absolute Gasteiger partial charge is 0.497 e. The summed E-state index contributed by atoms with van der Waals surface area (Å²) < 4.78 is 5.38.